The number of nitriles is 1. The molecular formula is C15H19ClN2. The topological polar surface area (TPSA) is 35.8 Å². The highest BCUT2D eigenvalue weighted by molar-refractivity contribution is 6.32. The van der Waals surface area contributed by atoms with Crippen LogP contribution in [0.4, 0.5) is 5.69 Å². The molecule has 0 saturated heterocycles. The third-order valence-electron chi connectivity index (χ3n) is 3.85. The summed E-state index contributed by atoms with van der Waals surface area (Å²) in [7, 11) is 0. The first kappa shape index (κ1) is 13.2. The maximum Gasteiger partial charge on any atom is 0.103 e. The number of hydrogen-bond donors (Lipinski definition) is 1. The summed E-state index contributed by atoms with van der Waals surface area (Å²) in [6, 6.07) is 8.27. The van der Waals surface area contributed by atoms with Gasteiger partial charge in [-0.05, 0) is 30.9 Å². The van der Waals surface area contributed by atoms with Crippen molar-refractivity contribution in [2.75, 3.05) is 5.32 Å². The van der Waals surface area contributed by atoms with Crippen molar-refractivity contribution in [3.63, 3.8) is 0 Å². The van der Waals surface area contributed by atoms with Gasteiger partial charge < -0.3 is 5.32 Å². The Labute approximate surface area is 114 Å². The molecule has 0 heterocycles. The number of halogens is 1. The zero-order valence-corrected chi connectivity index (χ0v) is 11.5. The second kappa shape index (κ2) is 6.11. The fourth-order valence-electron chi connectivity index (χ4n) is 2.77. The molecule has 1 aromatic rings. The molecule has 3 heteroatoms. The molecule has 18 heavy (non-hydrogen) atoms. The molecule has 0 aliphatic heterocycles. The van der Waals surface area contributed by atoms with Crippen molar-refractivity contribution in [2.24, 2.45) is 5.92 Å². The van der Waals surface area contributed by atoms with E-state index in [2.05, 4.69) is 18.3 Å². The van der Waals surface area contributed by atoms with Crippen LogP contribution in [0.1, 0.15) is 44.6 Å². The third-order valence-corrected chi connectivity index (χ3v) is 4.16. The first-order valence-electron chi connectivity index (χ1n) is 6.69. The lowest BCUT2D eigenvalue weighted by atomic mass is 9.84. The summed E-state index contributed by atoms with van der Waals surface area (Å²) in [5.41, 5.74) is 1.45. The van der Waals surface area contributed by atoms with Crippen LogP contribution >= 0.6 is 11.6 Å². The Bertz CT molecular complexity index is 450. The second-order valence-corrected chi connectivity index (χ2v) is 5.46. The van der Waals surface area contributed by atoms with Gasteiger partial charge in [0.25, 0.3) is 0 Å². The van der Waals surface area contributed by atoms with E-state index in [4.69, 9.17) is 16.9 Å². The number of nitrogens with one attached hydrogen (secondary N) is 1. The normalized spacial score (nSPS) is 23.4. The van der Waals surface area contributed by atoms with Crippen molar-refractivity contribution in [3.8, 4) is 6.07 Å². The molecule has 2 unspecified atom stereocenters. The van der Waals surface area contributed by atoms with Crippen molar-refractivity contribution in [1.82, 2.24) is 0 Å². The fraction of sp³-hybridized carbons (Fsp3) is 0.533. The first-order chi connectivity index (χ1) is 8.74. The zero-order chi connectivity index (χ0) is 13.0. The molecular weight excluding hydrogens is 244 g/mol. The molecule has 0 spiro atoms. The van der Waals surface area contributed by atoms with Crippen molar-refractivity contribution in [3.05, 3.63) is 28.8 Å². The number of rotatable bonds is 3. The average molecular weight is 263 g/mol. The monoisotopic (exact) mass is 262 g/mol. The zero-order valence-electron chi connectivity index (χ0n) is 10.7. The number of anilines is 1. The van der Waals surface area contributed by atoms with Crippen molar-refractivity contribution >= 4 is 17.3 Å². The Kier molecular flexibility index (Phi) is 4.49. The van der Waals surface area contributed by atoms with Crippen LogP contribution in [0.15, 0.2) is 18.2 Å². The summed E-state index contributed by atoms with van der Waals surface area (Å²) in [4.78, 5) is 0. The highest BCUT2D eigenvalue weighted by atomic mass is 35.5. The fourth-order valence-corrected chi connectivity index (χ4v) is 2.99. The first-order valence-corrected chi connectivity index (χ1v) is 7.07. The van der Waals surface area contributed by atoms with Gasteiger partial charge in [0.15, 0.2) is 0 Å². The maximum absolute atomic E-state index is 9.15. The van der Waals surface area contributed by atoms with Gasteiger partial charge in [0.2, 0.25) is 0 Å². The Balaban J connectivity index is 2.10. The molecule has 0 aromatic heterocycles. The molecule has 2 rings (SSSR count). The molecule has 1 aliphatic rings. The van der Waals surface area contributed by atoms with E-state index in [0.29, 0.717) is 16.6 Å². The molecule has 1 N–H and O–H groups in total. The van der Waals surface area contributed by atoms with Gasteiger partial charge in [-0.2, -0.15) is 5.26 Å². The Morgan fingerprint density at radius 1 is 1.44 bits per heavy atom. The molecule has 0 bridgehead atoms. The van der Waals surface area contributed by atoms with E-state index in [0.717, 1.165) is 11.6 Å². The minimum atomic E-state index is 0.481. The molecule has 1 aliphatic carbocycles. The Morgan fingerprint density at radius 2 is 2.28 bits per heavy atom. The molecule has 96 valence electrons. The third kappa shape index (κ3) is 2.97. The van der Waals surface area contributed by atoms with Gasteiger partial charge in [0.1, 0.15) is 6.07 Å². The van der Waals surface area contributed by atoms with E-state index >= 15 is 0 Å². The summed E-state index contributed by atoms with van der Waals surface area (Å²) in [5.74, 6) is 0.820. The number of hydrogen-bond acceptors (Lipinski definition) is 2. The van der Waals surface area contributed by atoms with E-state index in [1.165, 1.54) is 32.1 Å². The number of benzene rings is 1. The minimum absolute atomic E-state index is 0.481. The summed E-state index contributed by atoms with van der Waals surface area (Å²) in [6.45, 7) is 2.26. The average Bonchev–Trinajstić information content (AvgIpc) is 2.39. The summed E-state index contributed by atoms with van der Waals surface area (Å²) >= 11 is 6.04. The van der Waals surface area contributed by atoms with Crippen LogP contribution < -0.4 is 5.32 Å². The molecule has 2 nitrogen and oxygen atoms in total. The summed E-state index contributed by atoms with van der Waals surface area (Å²) in [5, 5.41) is 13.2. The van der Waals surface area contributed by atoms with Crippen LogP contribution in [-0.2, 0) is 0 Å². The van der Waals surface area contributed by atoms with Crippen LogP contribution in [0.25, 0.3) is 0 Å². The Hall–Kier alpha value is -1.20. The van der Waals surface area contributed by atoms with Crippen molar-refractivity contribution in [1.29, 1.82) is 5.26 Å². The van der Waals surface area contributed by atoms with E-state index in [-0.39, 0.29) is 0 Å². The van der Waals surface area contributed by atoms with E-state index in [1.807, 2.05) is 12.1 Å². The van der Waals surface area contributed by atoms with Crippen molar-refractivity contribution < 1.29 is 0 Å². The van der Waals surface area contributed by atoms with Gasteiger partial charge in [0, 0.05) is 6.04 Å². The highest BCUT2D eigenvalue weighted by Gasteiger charge is 2.21. The van der Waals surface area contributed by atoms with E-state index < -0.39 is 0 Å². The van der Waals surface area contributed by atoms with Gasteiger partial charge in [0.05, 0.1) is 16.3 Å². The quantitative estimate of drug-likeness (QED) is 0.865. The Morgan fingerprint density at radius 3 is 3.00 bits per heavy atom. The molecule has 1 aromatic carbocycles. The predicted octanol–water partition coefficient (Wildman–Crippen LogP) is 4.59. The second-order valence-electron chi connectivity index (χ2n) is 5.06. The van der Waals surface area contributed by atoms with Crippen LogP contribution in [0.5, 0.6) is 0 Å². The van der Waals surface area contributed by atoms with Crippen molar-refractivity contribution in [2.45, 2.75) is 45.1 Å². The minimum Gasteiger partial charge on any atom is -0.381 e. The standard InChI is InChI=1S/C15H19ClN2/c1-2-11-5-3-6-12(9-11)18-15-8-4-7-14(16)13(15)10-17/h4,7-8,11-12,18H,2-3,5-6,9H2,1H3. The lowest BCUT2D eigenvalue weighted by Gasteiger charge is -2.30. The summed E-state index contributed by atoms with van der Waals surface area (Å²) in [6.07, 6.45) is 6.26. The van der Waals surface area contributed by atoms with E-state index in [1.54, 1.807) is 6.07 Å². The molecule has 1 fully saturated rings. The molecule has 1 saturated carbocycles. The number of nitrogens with zero attached hydrogens (tertiary/aromatic N) is 1. The van der Waals surface area contributed by atoms with Gasteiger partial charge in [-0.3, -0.25) is 0 Å². The lowest BCUT2D eigenvalue weighted by Crippen LogP contribution is -2.27. The molecule has 2 atom stereocenters. The van der Waals surface area contributed by atoms with Crippen LogP contribution in [0.2, 0.25) is 5.02 Å². The van der Waals surface area contributed by atoms with Gasteiger partial charge in [-0.15, -0.1) is 0 Å². The van der Waals surface area contributed by atoms with Gasteiger partial charge in [-0.25, -0.2) is 0 Å². The van der Waals surface area contributed by atoms with Crippen LogP contribution in [0, 0.1) is 17.2 Å². The lowest BCUT2D eigenvalue weighted by molar-refractivity contribution is 0.327. The predicted molar refractivity (Wildman–Crippen MR) is 75.8 cm³/mol. The SMILES string of the molecule is CCC1CCCC(Nc2cccc(Cl)c2C#N)C1. The highest BCUT2D eigenvalue weighted by Crippen LogP contribution is 2.30. The summed E-state index contributed by atoms with van der Waals surface area (Å²) < 4.78 is 0. The van der Waals surface area contributed by atoms with Gasteiger partial charge >= 0.3 is 0 Å². The molecule has 0 radical (unpaired) electrons. The van der Waals surface area contributed by atoms with Crippen LogP contribution in [0.3, 0.4) is 0 Å². The maximum atomic E-state index is 9.15. The van der Waals surface area contributed by atoms with Crippen LogP contribution in [-0.4, -0.2) is 6.04 Å². The molecule has 0 amide bonds. The largest absolute Gasteiger partial charge is 0.381 e. The smallest absolute Gasteiger partial charge is 0.103 e. The van der Waals surface area contributed by atoms with Gasteiger partial charge in [-0.1, -0.05) is 43.9 Å². The van der Waals surface area contributed by atoms with E-state index in [9.17, 15) is 0 Å².